The third-order valence-corrected chi connectivity index (χ3v) is 4.66. The van der Waals surface area contributed by atoms with Gasteiger partial charge in [0.2, 0.25) is 5.75 Å². The van der Waals surface area contributed by atoms with Crippen molar-refractivity contribution in [3.63, 3.8) is 0 Å². The van der Waals surface area contributed by atoms with Crippen LogP contribution in [-0.2, 0) is 0 Å². The molecular weight excluding hydrogens is 334 g/mol. The molecule has 2 aromatic rings. The molecule has 2 heterocycles. The summed E-state index contributed by atoms with van der Waals surface area (Å²) in [5.74, 6) is 0.656. The van der Waals surface area contributed by atoms with E-state index >= 15 is 0 Å². The van der Waals surface area contributed by atoms with Crippen molar-refractivity contribution in [2.24, 2.45) is 0 Å². The minimum absolute atomic E-state index is 0.0732. The fraction of sp³-hybridized carbons (Fsp3) is 0.500. The highest BCUT2D eigenvalue weighted by Crippen LogP contribution is 2.35. The first-order valence-electron chi connectivity index (χ1n) is 9.22. The zero-order chi connectivity index (χ0) is 18.5. The summed E-state index contributed by atoms with van der Waals surface area (Å²) < 4.78 is 16.6. The number of fused-ring (bicyclic) bond motifs is 1. The van der Waals surface area contributed by atoms with E-state index in [1.165, 1.54) is 0 Å². The molecule has 1 amide bonds. The monoisotopic (exact) mass is 359 g/mol. The molecule has 0 bridgehead atoms. The molecule has 0 aliphatic carbocycles. The first kappa shape index (κ1) is 18.3. The summed E-state index contributed by atoms with van der Waals surface area (Å²) in [6.45, 7) is 3.95. The van der Waals surface area contributed by atoms with Crippen LogP contribution in [0, 0.1) is 0 Å². The maximum atomic E-state index is 12.7. The smallest absolute Gasteiger partial charge is 0.349 e. The van der Waals surface area contributed by atoms with Crippen LogP contribution < -0.4 is 15.1 Å². The molecule has 0 atom stereocenters. The lowest BCUT2D eigenvalue weighted by atomic mass is 10.1. The van der Waals surface area contributed by atoms with Crippen LogP contribution in [0.5, 0.6) is 11.5 Å². The normalized spacial score (nSPS) is 14.5. The van der Waals surface area contributed by atoms with Gasteiger partial charge in [0.25, 0.3) is 5.91 Å². The van der Waals surface area contributed by atoms with E-state index in [1.54, 1.807) is 30.2 Å². The van der Waals surface area contributed by atoms with Gasteiger partial charge in [-0.25, -0.2) is 4.79 Å². The Morgan fingerprint density at radius 3 is 2.69 bits per heavy atom. The van der Waals surface area contributed by atoms with Crippen LogP contribution in [0.1, 0.15) is 49.4 Å². The van der Waals surface area contributed by atoms with Crippen LogP contribution in [0.3, 0.4) is 0 Å². The Balaban J connectivity index is 2.00. The molecule has 1 aromatic carbocycles. The first-order valence-corrected chi connectivity index (χ1v) is 9.22. The number of rotatable bonds is 6. The lowest BCUT2D eigenvalue weighted by Gasteiger charge is -2.26. The largest absolute Gasteiger partial charge is 0.493 e. The van der Waals surface area contributed by atoms with Crippen LogP contribution in [0.15, 0.2) is 27.4 Å². The van der Waals surface area contributed by atoms with Crippen LogP contribution in [0.2, 0.25) is 0 Å². The topological polar surface area (TPSA) is 69.0 Å². The zero-order valence-corrected chi connectivity index (χ0v) is 15.4. The molecule has 26 heavy (non-hydrogen) atoms. The summed E-state index contributed by atoms with van der Waals surface area (Å²) in [5, 5.41) is 0.650. The number of methoxy groups -OCH3 is 1. The molecule has 0 radical (unpaired) electrons. The van der Waals surface area contributed by atoms with Gasteiger partial charge < -0.3 is 18.8 Å². The fourth-order valence-corrected chi connectivity index (χ4v) is 3.17. The Hall–Kier alpha value is -2.50. The van der Waals surface area contributed by atoms with Crippen molar-refractivity contribution in [3.05, 3.63) is 34.2 Å². The number of piperidine rings is 1. The molecule has 0 saturated carbocycles. The van der Waals surface area contributed by atoms with Gasteiger partial charge in [0.05, 0.1) is 13.7 Å². The summed E-state index contributed by atoms with van der Waals surface area (Å²) in [7, 11) is 1.54. The maximum absolute atomic E-state index is 12.7. The number of benzene rings is 1. The number of ether oxygens (including phenoxy) is 2. The molecule has 0 spiro atoms. The third kappa shape index (κ3) is 3.69. The second kappa shape index (κ2) is 8.25. The molecule has 140 valence electrons. The molecule has 1 aromatic heterocycles. The van der Waals surface area contributed by atoms with Crippen LogP contribution >= 0.6 is 0 Å². The summed E-state index contributed by atoms with van der Waals surface area (Å²) in [4.78, 5) is 26.9. The van der Waals surface area contributed by atoms with E-state index in [0.29, 0.717) is 42.2 Å². The van der Waals surface area contributed by atoms with Gasteiger partial charge in [0, 0.05) is 18.5 Å². The van der Waals surface area contributed by atoms with Gasteiger partial charge in [0.15, 0.2) is 11.3 Å². The maximum Gasteiger partial charge on any atom is 0.349 e. The molecule has 1 aliphatic heterocycles. The SMILES string of the molecule is CCCCOc1c(OC)ccc2cc(C(=O)N3CCCCC3)c(=O)oc12. The summed E-state index contributed by atoms with van der Waals surface area (Å²) in [5.41, 5.74) is -0.244. The Kier molecular flexibility index (Phi) is 5.81. The van der Waals surface area contributed by atoms with Crippen molar-refractivity contribution in [3.8, 4) is 11.5 Å². The lowest BCUT2D eigenvalue weighted by Crippen LogP contribution is -2.37. The number of hydrogen-bond donors (Lipinski definition) is 0. The van der Waals surface area contributed by atoms with E-state index in [4.69, 9.17) is 13.9 Å². The highest BCUT2D eigenvalue weighted by molar-refractivity contribution is 5.97. The number of carbonyl (C=O) groups excluding carboxylic acids is 1. The van der Waals surface area contributed by atoms with E-state index < -0.39 is 5.63 Å². The number of unbranched alkanes of at least 4 members (excludes halogenated alkanes) is 1. The van der Waals surface area contributed by atoms with Crippen molar-refractivity contribution >= 4 is 16.9 Å². The van der Waals surface area contributed by atoms with Gasteiger partial charge >= 0.3 is 5.63 Å². The number of nitrogens with zero attached hydrogens (tertiary/aromatic N) is 1. The average Bonchev–Trinajstić information content (AvgIpc) is 2.68. The molecule has 6 heteroatoms. The molecule has 1 saturated heterocycles. The van der Waals surface area contributed by atoms with E-state index in [9.17, 15) is 9.59 Å². The van der Waals surface area contributed by atoms with Crippen molar-refractivity contribution in [2.75, 3.05) is 26.8 Å². The van der Waals surface area contributed by atoms with Crippen molar-refractivity contribution < 1.29 is 18.7 Å². The second-order valence-corrected chi connectivity index (χ2v) is 6.52. The predicted molar refractivity (Wildman–Crippen MR) is 99.2 cm³/mol. The minimum atomic E-state index is -0.637. The zero-order valence-electron chi connectivity index (χ0n) is 15.4. The predicted octanol–water partition coefficient (Wildman–Crippen LogP) is 3.61. The number of hydrogen-bond acceptors (Lipinski definition) is 5. The number of carbonyl (C=O) groups is 1. The summed E-state index contributed by atoms with van der Waals surface area (Å²) >= 11 is 0. The second-order valence-electron chi connectivity index (χ2n) is 6.52. The average molecular weight is 359 g/mol. The van der Waals surface area contributed by atoms with Gasteiger partial charge in [-0.1, -0.05) is 13.3 Å². The molecular formula is C20H25NO5. The molecule has 3 rings (SSSR count). The Morgan fingerprint density at radius 1 is 1.23 bits per heavy atom. The quantitative estimate of drug-likeness (QED) is 0.582. The summed E-state index contributed by atoms with van der Waals surface area (Å²) in [6, 6.07) is 5.14. The Labute approximate surface area is 152 Å². The van der Waals surface area contributed by atoms with E-state index in [1.807, 2.05) is 0 Å². The lowest BCUT2D eigenvalue weighted by molar-refractivity contribution is 0.0720. The molecule has 1 aliphatic rings. The van der Waals surface area contributed by atoms with Crippen molar-refractivity contribution in [1.29, 1.82) is 0 Å². The van der Waals surface area contributed by atoms with Crippen molar-refractivity contribution in [1.82, 2.24) is 4.90 Å². The molecule has 1 fully saturated rings. The Morgan fingerprint density at radius 2 is 2.00 bits per heavy atom. The minimum Gasteiger partial charge on any atom is -0.493 e. The first-order chi connectivity index (χ1) is 12.7. The number of likely N-dealkylation sites (tertiary alicyclic amines) is 1. The van der Waals surface area contributed by atoms with Gasteiger partial charge in [-0.05, 0) is 43.9 Å². The van der Waals surface area contributed by atoms with Gasteiger partial charge in [-0.2, -0.15) is 0 Å². The molecule has 0 unspecified atom stereocenters. The highest BCUT2D eigenvalue weighted by atomic mass is 16.5. The highest BCUT2D eigenvalue weighted by Gasteiger charge is 2.23. The standard InChI is InChI=1S/C20H25NO5/c1-3-4-12-25-18-16(24-2)9-8-14-13-15(20(23)26-17(14)18)19(22)21-10-6-5-7-11-21/h8-9,13H,3-7,10-12H2,1-2H3. The van der Waals surface area contributed by atoms with Crippen LogP contribution in [0.25, 0.3) is 11.0 Å². The van der Waals surface area contributed by atoms with Gasteiger partial charge in [-0.15, -0.1) is 0 Å². The van der Waals surface area contributed by atoms with E-state index in [0.717, 1.165) is 32.1 Å². The molecule has 6 nitrogen and oxygen atoms in total. The van der Waals surface area contributed by atoms with Gasteiger partial charge in [0.1, 0.15) is 5.56 Å². The van der Waals surface area contributed by atoms with Crippen LogP contribution in [0.4, 0.5) is 0 Å². The van der Waals surface area contributed by atoms with Crippen LogP contribution in [-0.4, -0.2) is 37.6 Å². The van der Waals surface area contributed by atoms with E-state index in [-0.39, 0.29) is 11.5 Å². The van der Waals surface area contributed by atoms with Crippen molar-refractivity contribution in [2.45, 2.75) is 39.0 Å². The van der Waals surface area contributed by atoms with E-state index in [2.05, 4.69) is 6.92 Å². The summed E-state index contributed by atoms with van der Waals surface area (Å²) in [6.07, 6.45) is 4.93. The fourth-order valence-electron chi connectivity index (χ4n) is 3.17. The van der Waals surface area contributed by atoms with Gasteiger partial charge in [-0.3, -0.25) is 4.79 Å². The Bertz CT molecular complexity index is 836. The third-order valence-electron chi connectivity index (χ3n) is 4.66. The molecule has 0 N–H and O–H groups in total. The number of amides is 1.